The van der Waals surface area contributed by atoms with Crippen LogP contribution in [0.2, 0.25) is 0 Å². The van der Waals surface area contributed by atoms with Crippen LogP contribution in [-0.2, 0) is 11.3 Å². The van der Waals surface area contributed by atoms with Gasteiger partial charge < -0.3 is 10.2 Å². The van der Waals surface area contributed by atoms with Crippen LogP contribution in [0.25, 0.3) is 0 Å². The number of ether oxygens (including phenoxy) is 1. The molecule has 1 aromatic heterocycles. The minimum Gasteiger partial charge on any atom is -0.377 e. The molecule has 0 aliphatic heterocycles. The van der Waals surface area contributed by atoms with Gasteiger partial charge in [-0.15, -0.1) is 0 Å². The maximum absolute atomic E-state index is 5.58. The quantitative estimate of drug-likeness (QED) is 0.457. The van der Waals surface area contributed by atoms with E-state index in [1.165, 1.54) is 0 Å². The molecule has 90 valence electrons. The molecule has 1 aromatic rings. The van der Waals surface area contributed by atoms with E-state index in [9.17, 15) is 0 Å². The molecule has 0 spiro atoms. The van der Waals surface area contributed by atoms with E-state index in [1.807, 2.05) is 12.1 Å². The summed E-state index contributed by atoms with van der Waals surface area (Å²) >= 11 is 0. The zero-order chi connectivity index (χ0) is 12.0. The predicted molar refractivity (Wildman–Crippen MR) is 65.8 cm³/mol. The predicted octanol–water partition coefficient (Wildman–Crippen LogP) is 2.32. The first kappa shape index (κ1) is 12.9. The van der Waals surface area contributed by atoms with Crippen molar-refractivity contribution in [2.45, 2.75) is 33.8 Å². The Bertz CT molecular complexity index is 303. The maximum atomic E-state index is 5.58. The molecule has 3 N–H and O–H groups in total. The molecule has 1 rings (SSSR count). The van der Waals surface area contributed by atoms with Gasteiger partial charge in [0.25, 0.3) is 0 Å². The standard InChI is InChI=1S/C12H21N3O/c1-12(2,3)6-7-16-9-10-4-5-11(15-13)14-8-10/h4-5,8H,6-7,9,13H2,1-3H3,(H,14,15). The Morgan fingerprint density at radius 1 is 1.38 bits per heavy atom. The van der Waals surface area contributed by atoms with E-state index in [2.05, 4.69) is 31.2 Å². The van der Waals surface area contributed by atoms with Crippen molar-refractivity contribution in [1.82, 2.24) is 4.98 Å². The normalized spacial score (nSPS) is 11.5. The highest BCUT2D eigenvalue weighted by Gasteiger charge is 2.09. The van der Waals surface area contributed by atoms with Crippen LogP contribution in [0.1, 0.15) is 32.8 Å². The highest BCUT2D eigenvalue weighted by molar-refractivity contribution is 5.33. The Hall–Kier alpha value is -1.13. The molecule has 0 saturated heterocycles. The van der Waals surface area contributed by atoms with Gasteiger partial charge in [0.05, 0.1) is 6.61 Å². The zero-order valence-corrected chi connectivity index (χ0v) is 10.3. The number of pyridine rings is 1. The zero-order valence-electron chi connectivity index (χ0n) is 10.3. The lowest BCUT2D eigenvalue weighted by Crippen LogP contribution is -2.10. The van der Waals surface area contributed by atoms with Crippen LogP contribution in [0.3, 0.4) is 0 Å². The van der Waals surface area contributed by atoms with Crippen LogP contribution in [0.4, 0.5) is 5.82 Å². The number of rotatable bonds is 5. The second-order valence-corrected chi connectivity index (χ2v) is 5.06. The van der Waals surface area contributed by atoms with Gasteiger partial charge in [0.15, 0.2) is 0 Å². The third-order valence-electron chi connectivity index (χ3n) is 2.24. The monoisotopic (exact) mass is 223 g/mol. The number of nitrogens with two attached hydrogens (primary N) is 1. The van der Waals surface area contributed by atoms with Crippen molar-refractivity contribution in [2.24, 2.45) is 11.3 Å². The van der Waals surface area contributed by atoms with Crippen molar-refractivity contribution >= 4 is 5.82 Å². The van der Waals surface area contributed by atoms with Crippen LogP contribution >= 0.6 is 0 Å². The van der Waals surface area contributed by atoms with Crippen molar-refractivity contribution < 1.29 is 4.74 Å². The van der Waals surface area contributed by atoms with E-state index in [4.69, 9.17) is 10.6 Å². The summed E-state index contributed by atoms with van der Waals surface area (Å²) in [6.45, 7) is 8.01. The van der Waals surface area contributed by atoms with Crippen molar-refractivity contribution in [3.63, 3.8) is 0 Å². The van der Waals surface area contributed by atoms with Gasteiger partial charge in [-0.3, -0.25) is 0 Å². The summed E-state index contributed by atoms with van der Waals surface area (Å²) in [5.41, 5.74) is 3.88. The Balaban J connectivity index is 2.27. The summed E-state index contributed by atoms with van der Waals surface area (Å²) in [5, 5.41) is 0. The summed E-state index contributed by atoms with van der Waals surface area (Å²) in [4.78, 5) is 4.11. The molecule has 4 heteroatoms. The smallest absolute Gasteiger partial charge is 0.139 e. The Kier molecular flexibility index (Phi) is 4.71. The molecule has 0 aliphatic carbocycles. The third-order valence-corrected chi connectivity index (χ3v) is 2.24. The number of hydrogen-bond acceptors (Lipinski definition) is 4. The molecular weight excluding hydrogens is 202 g/mol. The first-order chi connectivity index (χ1) is 7.51. The number of aromatic nitrogens is 1. The van der Waals surface area contributed by atoms with Crippen molar-refractivity contribution in [3.05, 3.63) is 23.9 Å². The van der Waals surface area contributed by atoms with Gasteiger partial charge in [0.2, 0.25) is 0 Å². The van der Waals surface area contributed by atoms with E-state index in [0.717, 1.165) is 18.6 Å². The molecule has 0 fully saturated rings. The summed E-state index contributed by atoms with van der Waals surface area (Å²) in [6, 6.07) is 3.79. The second kappa shape index (κ2) is 5.82. The molecule has 4 nitrogen and oxygen atoms in total. The molecule has 0 amide bonds. The lowest BCUT2D eigenvalue weighted by atomic mass is 9.93. The Morgan fingerprint density at radius 3 is 2.62 bits per heavy atom. The molecule has 1 heterocycles. The van der Waals surface area contributed by atoms with Gasteiger partial charge >= 0.3 is 0 Å². The largest absolute Gasteiger partial charge is 0.377 e. The number of anilines is 1. The lowest BCUT2D eigenvalue weighted by molar-refractivity contribution is 0.0961. The average Bonchev–Trinajstić information content (AvgIpc) is 2.24. The number of nitrogen functional groups attached to an aromatic ring is 1. The number of hydrogen-bond donors (Lipinski definition) is 2. The second-order valence-electron chi connectivity index (χ2n) is 5.06. The van der Waals surface area contributed by atoms with Gasteiger partial charge in [-0.1, -0.05) is 26.8 Å². The Morgan fingerprint density at radius 2 is 2.12 bits per heavy atom. The molecular formula is C12H21N3O. The fourth-order valence-corrected chi connectivity index (χ4v) is 1.16. The lowest BCUT2D eigenvalue weighted by Gasteiger charge is -2.17. The molecule has 16 heavy (non-hydrogen) atoms. The van der Waals surface area contributed by atoms with E-state index in [0.29, 0.717) is 17.8 Å². The molecule has 0 aliphatic rings. The molecule has 0 bridgehead atoms. The Labute approximate surface area is 97.2 Å². The fourth-order valence-electron chi connectivity index (χ4n) is 1.16. The fraction of sp³-hybridized carbons (Fsp3) is 0.583. The molecule has 0 radical (unpaired) electrons. The summed E-state index contributed by atoms with van der Waals surface area (Å²) in [7, 11) is 0. The van der Waals surface area contributed by atoms with Crippen molar-refractivity contribution in [3.8, 4) is 0 Å². The van der Waals surface area contributed by atoms with E-state index in [-0.39, 0.29) is 0 Å². The van der Waals surface area contributed by atoms with Gasteiger partial charge in [-0.25, -0.2) is 10.8 Å². The van der Waals surface area contributed by atoms with Crippen LogP contribution in [0.5, 0.6) is 0 Å². The van der Waals surface area contributed by atoms with Crippen LogP contribution in [0.15, 0.2) is 18.3 Å². The summed E-state index contributed by atoms with van der Waals surface area (Å²) in [5.74, 6) is 5.89. The average molecular weight is 223 g/mol. The molecule has 0 unspecified atom stereocenters. The first-order valence-electron chi connectivity index (χ1n) is 5.50. The highest BCUT2D eigenvalue weighted by Crippen LogP contribution is 2.18. The van der Waals surface area contributed by atoms with Crippen LogP contribution in [-0.4, -0.2) is 11.6 Å². The first-order valence-corrected chi connectivity index (χ1v) is 5.50. The SMILES string of the molecule is CC(C)(C)CCOCc1ccc(NN)nc1. The van der Waals surface area contributed by atoms with Gasteiger partial charge in [0.1, 0.15) is 5.82 Å². The molecule has 0 saturated carbocycles. The summed E-state index contributed by atoms with van der Waals surface area (Å²) in [6.07, 6.45) is 2.83. The van der Waals surface area contributed by atoms with E-state index in [1.54, 1.807) is 6.20 Å². The summed E-state index contributed by atoms with van der Waals surface area (Å²) < 4.78 is 5.58. The number of hydrazine groups is 1. The van der Waals surface area contributed by atoms with E-state index >= 15 is 0 Å². The van der Waals surface area contributed by atoms with Gasteiger partial charge in [-0.05, 0) is 23.5 Å². The number of nitrogens with one attached hydrogen (secondary N) is 1. The topological polar surface area (TPSA) is 60.2 Å². The molecule has 0 aromatic carbocycles. The van der Waals surface area contributed by atoms with Crippen LogP contribution in [0, 0.1) is 5.41 Å². The van der Waals surface area contributed by atoms with Gasteiger partial charge in [-0.2, -0.15) is 0 Å². The van der Waals surface area contributed by atoms with Crippen LogP contribution < -0.4 is 11.3 Å². The van der Waals surface area contributed by atoms with Gasteiger partial charge in [0, 0.05) is 12.8 Å². The minimum absolute atomic E-state index is 0.325. The van der Waals surface area contributed by atoms with E-state index < -0.39 is 0 Å². The number of nitrogens with zero attached hydrogens (tertiary/aromatic N) is 1. The highest BCUT2D eigenvalue weighted by atomic mass is 16.5. The van der Waals surface area contributed by atoms with Crippen molar-refractivity contribution in [1.29, 1.82) is 0 Å². The minimum atomic E-state index is 0.325. The van der Waals surface area contributed by atoms with Crippen molar-refractivity contribution in [2.75, 3.05) is 12.0 Å². The molecule has 0 atom stereocenters. The maximum Gasteiger partial charge on any atom is 0.139 e. The third kappa shape index (κ3) is 5.09.